The van der Waals surface area contributed by atoms with E-state index in [0.29, 0.717) is 23.7 Å². The lowest BCUT2D eigenvalue weighted by Crippen LogP contribution is -2.37. The van der Waals surface area contributed by atoms with Crippen LogP contribution in [0.15, 0.2) is 28.8 Å². The van der Waals surface area contributed by atoms with Crippen LogP contribution in [0.5, 0.6) is 0 Å². The summed E-state index contributed by atoms with van der Waals surface area (Å²) in [7, 11) is 0. The number of rotatable bonds is 6. The quantitative estimate of drug-likeness (QED) is 0.826. The van der Waals surface area contributed by atoms with Crippen LogP contribution >= 0.6 is 0 Å². The van der Waals surface area contributed by atoms with Crippen molar-refractivity contribution >= 4 is 22.8 Å². The molecule has 1 heterocycles. The number of carbonyl (C=O) groups is 2. The molecule has 1 N–H and O–H groups in total. The number of hydrogen-bond donors (Lipinski definition) is 1. The minimum Gasteiger partial charge on any atom is -0.452 e. The molecule has 0 bridgehead atoms. The zero-order valence-electron chi connectivity index (χ0n) is 13.0. The van der Waals surface area contributed by atoms with E-state index in [0.717, 1.165) is 5.39 Å². The number of fused-ring (bicyclic) bond motifs is 1. The summed E-state index contributed by atoms with van der Waals surface area (Å²) in [5, 5.41) is 7.37. The molecule has 0 aliphatic carbocycles. The third-order valence-corrected chi connectivity index (χ3v) is 3.13. The van der Waals surface area contributed by atoms with Crippen LogP contribution in [0.2, 0.25) is 0 Å². The van der Waals surface area contributed by atoms with E-state index in [1.165, 1.54) is 0 Å². The Bertz CT molecular complexity index is 663. The fourth-order valence-corrected chi connectivity index (χ4v) is 1.94. The Balaban J connectivity index is 1.91. The summed E-state index contributed by atoms with van der Waals surface area (Å²) in [5.41, 5.74) is 1.13. The first-order valence-corrected chi connectivity index (χ1v) is 7.28. The number of nitrogens with one attached hydrogen (secondary N) is 1. The maximum absolute atomic E-state index is 11.9. The fourth-order valence-electron chi connectivity index (χ4n) is 1.94. The molecule has 0 unspecified atom stereocenters. The zero-order chi connectivity index (χ0) is 16.1. The highest BCUT2D eigenvalue weighted by Gasteiger charge is 2.20. The molecule has 1 atom stereocenters. The summed E-state index contributed by atoms with van der Waals surface area (Å²) < 4.78 is 10.3. The van der Waals surface area contributed by atoms with Crippen molar-refractivity contribution in [1.29, 1.82) is 0 Å². The molecule has 118 valence electrons. The second-order valence-electron chi connectivity index (χ2n) is 5.57. The van der Waals surface area contributed by atoms with E-state index in [2.05, 4.69) is 10.5 Å². The molecule has 0 saturated carbocycles. The van der Waals surface area contributed by atoms with Crippen LogP contribution in [0.3, 0.4) is 0 Å². The number of nitrogens with zero attached hydrogens (tertiary/aromatic N) is 1. The molecule has 1 amide bonds. The number of ether oxygens (including phenoxy) is 1. The van der Waals surface area contributed by atoms with Gasteiger partial charge in [-0.25, -0.2) is 0 Å². The van der Waals surface area contributed by atoms with Crippen LogP contribution in [0, 0.1) is 5.92 Å². The molecule has 0 aliphatic rings. The Labute approximate surface area is 128 Å². The van der Waals surface area contributed by atoms with E-state index >= 15 is 0 Å². The van der Waals surface area contributed by atoms with Crippen molar-refractivity contribution in [3.05, 3.63) is 30.0 Å². The Kier molecular flexibility index (Phi) is 5.14. The first-order valence-electron chi connectivity index (χ1n) is 7.28. The van der Waals surface area contributed by atoms with Crippen molar-refractivity contribution in [3.63, 3.8) is 0 Å². The second kappa shape index (κ2) is 7.06. The maximum Gasteiger partial charge on any atom is 0.312 e. The van der Waals surface area contributed by atoms with Crippen LogP contribution in [0.4, 0.5) is 0 Å². The number of para-hydroxylation sites is 1. The number of amides is 1. The van der Waals surface area contributed by atoms with Crippen LogP contribution in [-0.4, -0.2) is 29.7 Å². The van der Waals surface area contributed by atoms with Gasteiger partial charge in [-0.3, -0.25) is 9.59 Å². The first-order chi connectivity index (χ1) is 10.5. The fraction of sp³-hybridized carbons (Fsp3) is 0.438. The summed E-state index contributed by atoms with van der Waals surface area (Å²) in [4.78, 5) is 23.7. The van der Waals surface area contributed by atoms with Crippen LogP contribution in [0.25, 0.3) is 11.0 Å². The Morgan fingerprint density at radius 1 is 1.27 bits per heavy atom. The normalized spacial score (nSPS) is 12.4. The summed E-state index contributed by atoms with van der Waals surface area (Å²) >= 11 is 0. The molecule has 0 radical (unpaired) electrons. The van der Waals surface area contributed by atoms with E-state index in [1.807, 2.05) is 32.0 Å². The third-order valence-electron chi connectivity index (χ3n) is 3.13. The van der Waals surface area contributed by atoms with E-state index in [4.69, 9.17) is 9.26 Å². The zero-order valence-corrected chi connectivity index (χ0v) is 13.0. The predicted octanol–water partition coefficient (Wildman–Crippen LogP) is 2.07. The second-order valence-corrected chi connectivity index (χ2v) is 5.57. The Morgan fingerprint density at radius 2 is 2.00 bits per heavy atom. The number of benzene rings is 1. The molecule has 0 aliphatic heterocycles. The minimum absolute atomic E-state index is 0.0290. The molecule has 1 aromatic heterocycles. The van der Waals surface area contributed by atoms with Crippen molar-refractivity contribution in [3.8, 4) is 0 Å². The number of aromatic nitrogens is 1. The molecule has 0 spiro atoms. The highest BCUT2D eigenvalue weighted by Crippen LogP contribution is 2.18. The van der Waals surface area contributed by atoms with Gasteiger partial charge in [0.2, 0.25) is 0 Å². The summed E-state index contributed by atoms with van der Waals surface area (Å²) in [6.45, 7) is 6.09. The van der Waals surface area contributed by atoms with E-state index in [-0.39, 0.29) is 12.3 Å². The van der Waals surface area contributed by atoms with Crippen molar-refractivity contribution < 1.29 is 18.8 Å². The van der Waals surface area contributed by atoms with Gasteiger partial charge in [-0.1, -0.05) is 31.1 Å². The van der Waals surface area contributed by atoms with Gasteiger partial charge in [0.15, 0.2) is 11.7 Å². The molecule has 22 heavy (non-hydrogen) atoms. The lowest BCUT2D eigenvalue weighted by atomic mass is 10.2. The van der Waals surface area contributed by atoms with Gasteiger partial charge in [-0.05, 0) is 25.0 Å². The number of esters is 1. The lowest BCUT2D eigenvalue weighted by Gasteiger charge is -2.14. The van der Waals surface area contributed by atoms with Crippen LogP contribution in [-0.2, 0) is 20.7 Å². The summed E-state index contributed by atoms with van der Waals surface area (Å²) in [6, 6.07) is 7.28. The monoisotopic (exact) mass is 304 g/mol. The maximum atomic E-state index is 11.9. The molecular weight excluding hydrogens is 284 g/mol. The third kappa shape index (κ3) is 4.07. The van der Waals surface area contributed by atoms with E-state index in [1.54, 1.807) is 13.0 Å². The van der Waals surface area contributed by atoms with Crippen molar-refractivity contribution in [2.24, 2.45) is 5.92 Å². The molecule has 0 saturated heterocycles. The van der Waals surface area contributed by atoms with Gasteiger partial charge >= 0.3 is 5.97 Å². The van der Waals surface area contributed by atoms with Crippen molar-refractivity contribution in [2.45, 2.75) is 33.3 Å². The van der Waals surface area contributed by atoms with Crippen molar-refractivity contribution in [2.75, 3.05) is 6.54 Å². The highest BCUT2D eigenvalue weighted by atomic mass is 16.5. The Hall–Kier alpha value is -2.37. The summed E-state index contributed by atoms with van der Waals surface area (Å²) in [6.07, 6.45) is -0.858. The van der Waals surface area contributed by atoms with Gasteiger partial charge in [0.25, 0.3) is 5.91 Å². The molecule has 0 fully saturated rings. The lowest BCUT2D eigenvalue weighted by molar-refractivity contribution is -0.154. The van der Waals surface area contributed by atoms with Gasteiger partial charge in [0.05, 0.1) is 6.42 Å². The van der Waals surface area contributed by atoms with Crippen LogP contribution in [0.1, 0.15) is 26.5 Å². The summed E-state index contributed by atoms with van der Waals surface area (Å²) in [5.74, 6) is -0.466. The van der Waals surface area contributed by atoms with Crippen molar-refractivity contribution in [1.82, 2.24) is 10.5 Å². The molecule has 1 aromatic carbocycles. The van der Waals surface area contributed by atoms with Gasteiger partial charge in [-0.15, -0.1) is 0 Å². The van der Waals surface area contributed by atoms with Gasteiger partial charge in [0.1, 0.15) is 5.69 Å². The average molecular weight is 304 g/mol. The number of carbonyl (C=O) groups excluding carboxylic acids is 2. The molecule has 2 rings (SSSR count). The molecule has 6 nitrogen and oxygen atoms in total. The van der Waals surface area contributed by atoms with Gasteiger partial charge < -0.3 is 14.6 Å². The van der Waals surface area contributed by atoms with Crippen LogP contribution < -0.4 is 5.32 Å². The standard InChI is InChI=1S/C16H20N2O4/c1-10(2)9-17-16(20)11(3)21-15(19)8-13-12-6-4-5-7-14(12)22-18-13/h4-7,10-11H,8-9H2,1-3H3,(H,17,20)/t11-/m1/s1. The highest BCUT2D eigenvalue weighted by molar-refractivity contribution is 5.86. The minimum atomic E-state index is -0.829. The topological polar surface area (TPSA) is 81.4 Å². The predicted molar refractivity (Wildman–Crippen MR) is 81.1 cm³/mol. The molecular formula is C16H20N2O4. The van der Waals surface area contributed by atoms with Gasteiger partial charge in [-0.2, -0.15) is 0 Å². The number of hydrogen-bond acceptors (Lipinski definition) is 5. The first kappa shape index (κ1) is 16.0. The smallest absolute Gasteiger partial charge is 0.312 e. The molecule has 6 heteroatoms. The average Bonchev–Trinajstić information content (AvgIpc) is 2.87. The molecule has 2 aromatic rings. The Morgan fingerprint density at radius 3 is 2.73 bits per heavy atom. The largest absolute Gasteiger partial charge is 0.452 e. The van der Waals surface area contributed by atoms with E-state index < -0.39 is 12.1 Å². The SMILES string of the molecule is CC(C)CNC(=O)[C@@H](C)OC(=O)Cc1noc2ccccc12. The van der Waals surface area contributed by atoms with Gasteiger partial charge in [0, 0.05) is 11.9 Å². The van der Waals surface area contributed by atoms with E-state index in [9.17, 15) is 9.59 Å².